The maximum Gasteiger partial charge on any atom is 0.0847 e. The van der Waals surface area contributed by atoms with Crippen LogP contribution in [-0.2, 0) is 4.74 Å². The normalized spacial score (nSPS) is 37.1. The van der Waals surface area contributed by atoms with Gasteiger partial charge in [-0.05, 0) is 61.7 Å². The smallest absolute Gasteiger partial charge is 0.0847 e. The van der Waals surface area contributed by atoms with Crippen molar-refractivity contribution in [3.63, 3.8) is 0 Å². The summed E-state index contributed by atoms with van der Waals surface area (Å²) in [6.07, 6.45) is 8.63. The Morgan fingerprint density at radius 1 is 1.05 bits per heavy atom. The molecular formula is C18H36N2O. The molecule has 124 valence electrons. The number of nitrogens with two attached hydrogens (primary N) is 1. The predicted molar refractivity (Wildman–Crippen MR) is 88.8 cm³/mol. The number of nitrogens with one attached hydrogen (secondary N) is 1. The lowest BCUT2D eigenvalue weighted by molar-refractivity contribution is -0.105. The molecular weight excluding hydrogens is 260 g/mol. The molecule has 0 saturated heterocycles. The van der Waals surface area contributed by atoms with E-state index in [1.54, 1.807) is 0 Å². The van der Waals surface area contributed by atoms with E-state index in [2.05, 4.69) is 33.1 Å². The Morgan fingerprint density at radius 2 is 1.67 bits per heavy atom. The molecule has 4 unspecified atom stereocenters. The van der Waals surface area contributed by atoms with Crippen molar-refractivity contribution in [2.75, 3.05) is 7.11 Å². The van der Waals surface area contributed by atoms with Crippen LogP contribution in [0.1, 0.15) is 72.6 Å². The van der Waals surface area contributed by atoms with Crippen LogP contribution in [0.4, 0.5) is 0 Å². The van der Waals surface area contributed by atoms with E-state index in [4.69, 9.17) is 10.6 Å². The molecule has 2 rings (SSSR count). The van der Waals surface area contributed by atoms with Gasteiger partial charge in [-0.1, -0.05) is 34.1 Å². The number of hydrogen-bond acceptors (Lipinski definition) is 3. The van der Waals surface area contributed by atoms with E-state index >= 15 is 0 Å². The second kappa shape index (κ2) is 6.55. The highest BCUT2D eigenvalue weighted by molar-refractivity contribution is 5.01. The lowest BCUT2D eigenvalue weighted by Gasteiger charge is -2.50. The molecule has 2 fully saturated rings. The maximum absolute atomic E-state index is 6.10. The molecule has 2 saturated carbocycles. The fraction of sp³-hybridized carbons (Fsp3) is 1.00. The molecule has 0 spiro atoms. The monoisotopic (exact) mass is 296 g/mol. The highest BCUT2D eigenvalue weighted by Gasteiger charge is 2.47. The van der Waals surface area contributed by atoms with Gasteiger partial charge in [-0.2, -0.15) is 0 Å². The molecule has 2 aliphatic carbocycles. The number of methoxy groups -OCH3 is 1. The lowest BCUT2D eigenvalue weighted by Crippen LogP contribution is -2.60. The number of hydrazine groups is 1. The first-order chi connectivity index (χ1) is 9.83. The topological polar surface area (TPSA) is 47.3 Å². The highest BCUT2D eigenvalue weighted by atomic mass is 16.5. The van der Waals surface area contributed by atoms with Crippen LogP contribution in [0.25, 0.3) is 0 Å². The van der Waals surface area contributed by atoms with E-state index in [-0.39, 0.29) is 5.60 Å². The first-order valence-electron chi connectivity index (χ1n) is 8.85. The van der Waals surface area contributed by atoms with Crippen molar-refractivity contribution in [1.29, 1.82) is 0 Å². The van der Waals surface area contributed by atoms with Crippen LogP contribution in [0.3, 0.4) is 0 Å². The summed E-state index contributed by atoms with van der Waals surface area (Å²) in [5.74, 6) is 8.32. The predicted octanol–water partition coefficient (Wildman–Crippen LogP) is 3.88. The second-order valence-corrected chi connectivity index (χ2v) is 8.61. The van der Waals surface area contributed by atoms with E-state index in [0.29, 0.717) is 17.4 Å². The van der Waals surface area contributed by atoms with Gasteiger partial charge in [0.05, 0.1) is 11.6 Å². The largest absolute Gasteiger partial charge is 0.377 e. The van der Waals surface area contributed by atoms with Crippen molar-refractivity contribution in [2.45, 2.75) is 84.3 Å². The van der Waals surface area contributed by atoms with Crippen LogP contribution in [-0.4, -0.2) is 18.8 Å². The third-order valence-corrected chi connectivity index (χ3v) is 6.71. The first-order valence-corrected chi connectivity index (χ1v) is 8.85. The quantitative estimate of drug-likeness (QED) is 0.611. The summed E-state index contributed by atoms with van der Waals surface area (Å²) < 4.78 is 6.10. The van der Waals surface area contributed by atoms with Gasteiger partial charge in [-0.25, -0.2) is 0 Å². The van der Waals surface area contributed by atoms with Crippen molar-refractivity contribution in [3.05, 3.63) is 0 Å². The van der Waals surface area contributed by atoms with Gasteiger partial charge in [0, 0.05) is 7.11 Å². The van der Waals surface area contributed by atoms with E-state index in [1.807, 2.05) is 7.11 Å². The molecule has 0 bridgehead atoms. The van der Waals surface area contributed by atoms with Crippen molar-refractivity contribution in [3.8, 4) is 0 Å². The van der Waals surface area contributed by atoms with Crippen molar-refractivity contribution >= 4 is 0 Å². The summed E-state index contributed by atoms with van der Waals surface area (Å²) in [5, 5.41) is 0. The Labute approximate surface area is 131 Å². The molecule has 3 N–H and O–H groups in total. The van der Waals surface area contributed by atoms with Crippen LogP contribution in [0.2, 0.25) is 0 Å². The zero-order chi connectivity index (χ0) is 15.7. The van der Waals surface area contributed by atoms with Gasteiger partial charge in [0.25, 0.3) is 0 Å². The molecule has 2 aliphatic rings. The van der Waals surface area contributed by atoms with Gasteiger partial charge < -0.3 is 4.74 Å². The molecule has 0 aliphatic heterocycles. The minimum absolute atomic E-state index is 0.0603. The van der Waals surface area contributed by atoms with Crippen LogP contribution in [0.5, 0.6) is 0 Å². The van der Waals surface area contributed by atoms with E-state index in [1.165, 1.54) is 32.1 Å². The summed E-state index contributed by atoms with van der Waals surface area (Å²) in [5.41, 5.74) is 3.56. The Hall–Kier alpha value is -0.120. The van der Waals surface area contributed by atoms with Crippen LogP contribution < -0.4 is 11.3 Å². The molecule has 0 heterocycles. The van der Waals surface area contributed by atoms with Crippen LogP contribution >= 0.6 is 0 Å². The molecule has 0 amide bonds. The SMILES string of the molecule is COC1(C(NN)C2CCC(C)C(C)C2)CCC(C)(C)CC1. The molecule has 0 aromatic rings. The van der Waals surface area contributed by atoms with E-state index in [0.717, 1.165) is 24.7 Å². The Morgan fingerprint density at radius 3 is 2.14 bits per heavy atom. The minimum Gasteiger partial charge on any atom is -0.377 e. The van der Waals surface area contributed by atoms with Gasteiger partial charge in [0.1, 0.15) is 0 Å². The molecule has 3 nitrogen and oxygen atoms in total. The Balaban J connectivity index is 2.11. The van der Waals surface area contributed by atoms with Gasteiger partial charge >= 0.3 is 0 Å². The van der Waals surface area contributed by atoms with Crippen LogP contribution in [0, 0.1) is 23.2 Å². The average molecular weight is 296 g/mol. The zero-order valence-corrected chi connectivity index (χ0v) is 14.7. The number of ether oxygens (including phenoxy) is 1. The lowest BCUT2D eigenvalue weighted by atomic mass is 9.63. The minimum atomic E-state index is -0.0603. The fourth-order valence-electron chi connectivity index (χ4n) is 4.60. The number of rotatable bonds is 4. The molecule has 21 heavy (non-hydrogen) atoms. The standard InChI is InChI=1S/C18H36N2O/c1-13-6-7-15(12-14(13)2)16(20-19)18(21-5)10-8-17(3,4)9-11-18/h13-16,20H,6-12,19H2,1-5H3. The molecule has 4 atom stereocenters. The first kappa shape index (κ1) is 17.2. The molecule has 0 aromatic heterocycles. The van der Waals surface area contributed by atoms with Gasteiger partial charge in [-0.15, -0.1) is 0 Å². The van der Waals surface area contributed by atoms with E-state index in [9.17, 15) is 0 Å². The van der Waals surface area contributed by atoms with Crippen molar-refractivity contribution < 1.29 is 4.74 Å². The third kappa shape index (κ3) is 3.62. The summed E-state index contributed by atoms with van der Waals surface area (Å²) in [6, 6.07) is 0.300. The third-order valence-electron chi connectivity index (χ3n) is 6.71. The van der Waals surface area contributed by atoms with Crippen molar-refractivity contribution in [2.24, 2.45) is 29.0 Å². The van der Waals surface area contributed by atoms with Crippen LogP contribution in [0.15, 0.2) is 0 Å². The van der Waals surface area contributed by atoms with E-state index < -0.39 is 0 Å². The maximum atomic E-state index is 6.10. The van der Waals surface area contributed by atoms with Crippen molar-refractivity contribution in [1.82, 2.24) is 5.43 Å². The highest BCUT2D eigenvalue weighted by Crippen LogP contribution is 2.47. The second-order valence-electron chi connectivity index (χ2n) is 8.61. The summed E-state index contributed by atoms with van der Waals surface area (Å²) >= 11 is 0. The zero-order valence-electron chi connectivity index (χ0n) is 14.7. The fourth-order valence-corrected chi connectivity index (χ4v) is 4.60. The van der Waals surface area contributed by atoms with Gasteiger partial charge in [-0.3, -0.25) is 11.3 Å². The molecule has 0 radical (unpaired) electrons. The molecule has 0 aromatic carbocycles. The van der Waals surface area contributed by atoms with Gasteiger partial charge in [0.2, 0.25) is 0 Å². The average Bonchev–Trinajstić information content (AvgIpc) is 2.45. The summed E-state index contributed by atoms with van der Waals surface area (Å²) in [7, 11) is 1.89. The molecule has 3 heteroatoms. The number of hydrogen-bond donors (Lipinski definition) is 2. The van der Waals surface area contributed by atoms with Gasteiger partial charge in [0.15, 0.2) is 0 Å². The summed E-state index contributed by atoms with van der Waals surface area (Å²) in [4.78, 5) is 0. The Kier molecular flexibility index (Phi) is 5.38. The Bertz CT molecular complexity index is 332. The summed E-state index contributed by atoms with van der Waals surface area (Å²) in [6.45, 7) is 9.54.